The highest BCUT2D eigenvalue weighted by Gasteiger charge is 2.35. The van der Waals surface area contributed by atoms with Crippen molar-refractivity contribution in [2.45, 2.75) is 12.8 Å². The molecule has 0 aliphatic carbocycles. The Hall–Kier alpha value is -11.0. The van der Waals surface area contributed by atoms with Crippen LogP contribution in [0.3, 0.4) is 0 Å². The Morgan fingerprint density at radius 3 is 1.25 bits per heavy atom. The number of para-hydroxylation sites is 2. The Balaban J connectivity index is 1.02. The summed E-state index contributed by atoms with van der Waals surface area (Å²) >= 11 is 0. The average molecular weight is 1080 g/mol. The Bertz CT molecular complexity index is 5970. The van der Waals surface area contributed by atoms with E-state index in [4.69, 9.17) is 4.99 Å². The fraction of sp³-hybridized carbons (Fsp3) is 0.0375. The van der Waals surface area contributed by atoms with Gasteiger partial charge in [0, 0.05) is 87.8 Å². The molecule has 0 saturated carbocycles. The number of fused-ring (bicyclic) bond motifs is 25. The normalized spacial score (nSPS) is 15.0. The van der Waals surface area contributed by atoms with Crippen molar-refractivity contribution >= 4 is 153 Å². The maximum Gasteiger partial charge on any atom is 0.136 e. The van der Waals surface area contributed by atoms with Gasteiger partial charge in [0.15, 0.2) is 0 Å². The smallest absolute Gasteiger partial charge is 0.136 e. The predicted molar refractivity (Wildman–Crippen MR) is 361 cm³/mol. The Morgan fingerprint density at radius 1 is 0.271 bits per heavy atom. The second kappa shape index (κ2) is 17.5. The number of aliphatic imine (C=N–C) groups is 1. The third-order valence-electron chi connectivity index (χ3n) is 19.0. The molecule has 0 bridgehead atoms. The first-order valence-corrected chi connectivity index (χ1v) is 29.7. The van der Waals surface area contributed by atoms with Crippen molar-refractivity contribution in [3.05, 3.63) is 285 Å². The van der Waals surface area contributed by atoms with Gasteiger partial charge in [-0.3, -0.25) is 9.13 Å². The predicted octanol–water partition coefficient (Wildman–Crippen LogP) is 21.0. The molecule has 5 heteroatoms. The van der Waals surface area contributed by atoms with E-state index in [2.05, 4.69) is 304 Å². The van der Waals surface area contributed by atoms with Gasteiger partial charge in [0.1, 0.15) is 11.7 Å². The lowest BCUT2D eigenvalue weighted by Gasteiger charge is -2.30. The quantitative estimate of drug-likeness (QED) is 0.157. The summed E-state index contributed by atoms with van der Waals surface area (Å²) in [6.45, 7) is 2.41. The first-order chi connectivity index (χ1) is 42.2. The van der Waals surface area contributed by atoms with E-state index < -0.39 is 0 Å². The number of benzene rings is 14. The van der Waals surface area contributed by atoms with E-state index in [9.17, 15) is 0 Å². The second-order valence-electron chi connectivity index (χ2n) is 23.3. The molecule has 0 amide bonds. The highest BCUT2D eigenvalue weighted by atomic mass is 15.2. The van der Waals surface area contributed by atoms with Gasteiger partial charge in [-0.15, -0.1) is 0 Å². The molecule has 2 unspecified atom stereocenters. The van der Waals surface area contributed by atoms with Gasteiger partial charge in [-0.05, 0) is 74.3 Å². The highest BCUT2D eigenvalue weighted by molar-refractivity contribution is 6.37. The van der Waals surface area contributed by atoms with E-state index in [0.29, 0.717) is 0 Å². The fourth-order valence-electron chi connectivity index (χ4n) is 15.4. The molecule has 0 radical (unpaired) electrons. The first kappa shape index (κ1) is 46.6. The van der Waals surface area contributed by atoms with Crippen molar-refractivity contribution < 1.29 is 0 Å². The van der Waals surface area contributed by atoms with Crippen LogP contribution < -0.4 is 0 Å². The zero-order valence-corrected chi connectivity index (χ0v) is 46.4. The lowest BCUT2D eigenvalue weighted by atomic mass is 9.84. The molecule has 18 aromatic rings. The molecule has 19 rings (SSSR count). The molecule has 5 heterocycles. The van der Waals surface area contributed by atoms with Gasteiger partial charge < -0.3 is 9.13 Å². The van der Waals surface area contributed by atoms with E-state index in [0.717, 1.165) is 50.6 Å². The topological polar surface area (TPSA) is 32.1 Å². The fourth-order valence-corrected chi connectivity index (χ4v) is 15.4. The first-order valence-electron chi connectivity index (χ1n) is 29.7. The van der Waals surface area contributed by atoms with Crippen LogP contribution in [0.15, 0.2) is 284 Å². The summed E-state index contributed by atoms with van der Waals surface area (Å²) in [4.78, 5) is 6.36. The van der Waals surface area contributed by atoms with E-state index in [1.165, 1.54) is 119 Å². The molecular formula is C80H51N5. The Kier molecular flexibility index (Phi) is 9.59. The van der Waals surface area contributed by atoms with Crippen LogP contribution in [0.5, 0.6) is 0 Å². The van der Waals surface area contributed by atoms with Crippen molar-refractivity contribution in [2.24, 2.45) is 10.9 Å². The molecule has 0 N–H and O–H groups in total. The minimum absolute atomic E-state index is 0.0700. The molecule has 0 saturated heterocycles. The van der Waals surface area contributed by atoms with Crippen LogP contribution in [0.2, 0.25) is 0 Å². The Labute approximate surface area is 488 Å². The molecule has 4 aromatic heterocycles. The minimum atomic E-state index is -0.0728. The molecule has 396 valence electrons. The van der Waals surface area contributed by atoms with E-state index >= 15 is 0 Å². The summed E-state index contributed by atoms with van der Waals surface area (Å²) in [5.74, 6) is 1.75. The summed E-state index contributed by atoms with van der Waals surface area (Å²) in [5, 5.41) is 21.8. The van der Waals surface area contributed by atoms with Gasteiger partial charge >= 0.3 is 0 Å². The molecule has 14 aromatic carbocycles. The molecule has 2 atom stereocenters. The molecule has 85 heavy (non-hydrogen) atoms. The summed E-state index contributed by atoms with van der Waals surface area (Å²) in [5.41, 5.74) is 12.8. The summed E-state index contributed by atoms with van der Waals surface area (Å²) in [7, 11) is 0. The summed E-state index contributed by atoms with van der Waals surface area (Å²) in [6.07, 6.45) is 2.50. The number of allylic oxidation sites excluding steroid dienone is 1. The average Bonchev–Trinajstić information content (AvgIpc) is 2.16. The van der Waals surface area contributed by atoms with Gasteiger partial charge in [0.25, 0.3) is 0 Å². The lowest BCUT2D eigenvalue weighted by molar-refractivity contribution is 0.652. The standard InChI is InChI=1S/C80H51N5/c1-48-68(49-21-5-2-6-22-49)47-70(81-80(48)84-69-46-45-64-62-40-37-50-23-11-14-30-55(50)73(62)82(53-26-7-3-8-27-53)77(64)72(69)67-42-39-52-25-13-16-32-57(52)75(67)84)85-76-61-36-20-18-34-59(61)58-33-17-19-35-60(58)71(76)66-44-43-65-63-41-38-51-24-12-15-31-56(51)74(63)83(78(65)79(66)85)54-28-9-4-10-29-54/h2-48,68H,1H3. The SMILES string of the molecule is CC1C(n2c3ccc4c5ccc6ccccc6c5n(-c5ccccc5)c4c3c3ccc4ccccc4c32)=NC(n2c3c4ccccc4c4ccccc4c3c3ccc4c5ccc6ccccc6c5n(-c5ccccc5)c4c32)=CC1c1ccccc1. The molecule has 5 nitrogen and oxygen atoms in total. The third-order valence-corrected chi connectivity index (χ3v) is 19.0. The maximum atomic E-state index is 6.36. The molecule has 0 spiro atoms. The minimum Gasteiger partial charge on any atom is -0.308 e. The molecule has 0 fully saturated rings. The van der Waals surface area contributed by atoms with Crippen LogP contribution in [0.25, 0.3) is 158 Å². The van der Waals surface area contributed by atoms with E-state index in [1.807, 2.05) is 0 Å². The van der Waals surface area contributed by atoms with Crippen LogP contribution in [-0.2, 0) is 0 Å². The van der Waals surface area contributed by atoms with Gasteiger partial charge in [0.05, 0.1) is 44.1 Å². The highest BCUT2D eigenvalue weighted by Crippen LogP contribution is 2.51. The number of hydrogen-bond acceptors (Lipinski definition) is 1. The van der Waals surface area contributed by atoms with Gasteiger partial charge in [-0.25, -0.2) is 4.99 Å². The zero-order chi connectivity index (χ0) is 55.6. The van der Waals surface area contributed by atoms with Crippen LogP contribution in [0.1, 0.15) is 18.4 Å². The maximum absolute atomic E-state index is 6.36. The molecule has 1 aliphatic heterocycles. The zero-order valence-electron chi connectivity index (χ0n) is 46.4. The van der Waals surface area contributed by atoms with Crippen molar-refractivity contribution in [1.29, 1.82) is 0 Å². The van der Waals surface area contributed by atoms with Crippen molar-refractivity contribution in [2.75, 3.05) is 0 Å². The second-order valence-corrected chi connectivity index (χ2v) is 23.3. The largest absolute Gasteiger partial charge is 0.308 e. The van der Waals surface area contributed by atoms with Crippen molar-refractivity contribution in [3.8, 4) is 11.4 Å². The number of aromatic nitrogens is 4. The third kappa shape index (κ3) is 6.33. The van der Waals surface area contributed by atoms with E-state index in [1.54, 1.807) is 0 Å². The summed E-state index contributed by atoms with van der Waals surface area (Å²) < 4.78 is 10.3. The summed E-state index contributed by atoms with van der Waals surface area (Å²) in [6, 6.07) is 101. The van der Waals surface area contributed by atoms with Crippen LogP contribution in [-0.4, -0.2) is 24.1 Å². The van der Waals surface area contributed by atoms with Gasteiger partial charge in [-0.2, -0.15) is 0 Å². The number of nitrogens with zero attached hydrogens (tertiary/aromatic N) is 5. The van der Waals surface area contributed by atoms with Gasteiger partial charge in [0.2, 0.25) is 0 Å². The van der Waals surface area contributed by atoms with E-state index in [-0.39, 0.29) is 11.8 Å². The number of hydrogen-bond donors (Lipinski definition) is 0. The number of rotatable bonds is 4. The van der Waals surface area contributed by atoms with Crippen LogP contribution in [0.4, 0.5) is 0 Å². The lowest BCUT2D eigenvalue weighted by Crippen LogP contribution is -2.29. The molecule has 1 aliphatic rings. The van der Waals surface area contributed by atoms with Crippen LogP contribution >= 0.6 is 0 Å². The van der Waals surface area contributed by atoms with Crippen molar-refractivity contribution in [3.63, 3.8) is 0 Å². The monoisotopic (exact) mass is 1080 g/mol. The van der Waals surface area contributed by atoms with Gasteiger partial charge in [-0.1, -0.05) is 250 Å². The molecular weight excluding hydrogens is 1030 g/mol. The Morgan fingerprint density at radius 2 is 0.647 bits per heavy atom. The van der Waals surface area contributed by atoms with Crippen LogP contribution in [0, 0.1) is 5.92 Å². The van der Waals surface area contributed by atoms with Crippen molar-refractivity contribution in [1.82, 2.24) is 18.3 Å².